The maximum absolute atomic E-state index is 10.5. The quantitative estimate of drug-likeness (QED) is 0.502. The summed E-state index contributed by atoms with van der Waals surface area (Å²) in [6, 6.07) is 0.382. The molecule has 3 heteroatoms. The molecule has 1 fully saturated rings. The van der Waals surface area contributed by atoms with E-state index in [1.807, 2.05) is 13.1 Å². The number of aliphatic imine (C=N–C) groups is 1. The van der Waals surface area contributed by atoms with Crippen LogP contribution in [0.5, 0.6) is 0 Å². The first-order valence-corrected chi connectivity index (χ1v) is 5.41. The third-order valence-corrected chi connectivity index (χ3v) is 2.75. The number of piperidine rings is 1. The van der Waals surface area contributed by atoms with Crippen molar-refractivity contribution in [1.82, 2.24) is 4.90 Å². The molecule has 0 saturated carbocycles. The van der Waals surface area contributed by atoms with Crippen LogP contribution in [0.15, 0.2) is 4.99 Å². The topological polar surface area (TPSA) is 32.7 Å². The van der Waals surface area contributed by atoms with Crippen LogP contribution < -0.4 is 0 Å². The monoisotopic (exact) mass is 196 g/mol. The summed E-state index contributed by atoms with van der Waals surface area (Å²) in [4.78, 5) is 17.3. The average Bonchev–Trinajstić information content (AvgIpc) is 2.19. The van der Waals surface area contributed by atoms with Crippen LogP contribution in [0.4, 0.5) is 0 Å². The first-order chi connectivity index (χ1) is 6.76. The molecular formula is C11H20N2O. The molecule has 0 N–H and O–H groups in total. The zero-order valence-electron chi connectivity index (χ0n) is 9.15. The Bertz CT molecular complexity index is 195. The molecule has 80 valence electrons. The van der Waals surface area contributed by atoms with Gasteiger partial charge in [0, 0.05) is 12.5 Å². The molecule has 0 aromatic carbocycles. The summed E-state index contributed by atoms with van der Waals surface area (Å²) in [5.74, 6) is 0.302. The van der Waals surface area contributed by atoms with Gasteiger partial charge in [-0.25, -0.2) is 0 Å². The zero-order chi connectivity index (χ0) is 10.4. The van der Waals surface area contributed by atoms with E-state index in [4.69, 9.17) is 0 Å². The summed E-state index contributed by atoms with van der Waals surface area (Å²) in [6.07, 6.45) is 5.01. The molecule has 1 saturated heterocycles. The molecule has 1 aliphatic heterocycles. The van der Waals surface area contributed by atoms with Gasteiger partial charge in [-0.3, -0.25) is 4.99 Å². The molecule has 1 rings (SSSR count). The van der Waals surface area contributed by atoms with Crippen molar-refractivity contribution in [2.24, 2.45) is 10.9 Å². The van der Waals surface area contributed by atoms with Crippen LogP contribution in [0.1, 0.15) is 26.7 Å². The Balaban J connectivity index is 2.24. The maximum atomic E-state index is 10.5. The normalized spacial score (nSPS) is 22.7. The number of likely N-dealkylation sites (tertiary alicyclic amines) is 1. The molecule has 1 unspecified atom stereocenters. The van der Waals surface area contributed by atoms with E-state index in [9.17, 15) is 4.79 Å². The Kier molecular flexibility index (Phi) is 4.80. The van der Waals surface area contributed by atoms with E-state index >= 15 is 0 Å². The predicted molar refractivity (Wildman–Crippen MR) is 58.9 cm³/mol. The molecule has 3 nitrogen and oxygen atoms in total. The third-order valence-electron chi connectivity index (χ3n) is 2.75. The van der Waals surface area contributed by atoms with Crippen LogP contribution >= 0.6 is 0 Å². The third kappa shape index (κ3) is 3.58. The number of rotatable bonds is 4. The maximum Gasteiger partial charge on any atom is 0.123 e. The van der Waals surface area contributed by atoms with E-state index in [2.05, 4.69) is 16.8 Å². The minimum Gasteiger partial charge on any atom is -0.303 e. The van der Waals surface area contributed by atoms with E-state index in [1.54, 1.807) is 0 Å². The lowest BCUT2D eigenvalue weighted by Gasteiger charge is -2.30. The Morgan fingerprint density at radius 3 is 2.64 bits per heavy atom. The molecule has 0 aromatic rings. The SMILES string of the molecule is C/C=N/C(C)CN1CCC(C=O)CC1. The molecule has 0 radical (unpaired) electrons. The number of carbonyl (C=O) groups excluding carboxylic acids is 1. The Morgan fingerprint density at radius 1 is 1.50 bits per heavy atom. The van der Waals surface area contributed by atoms with E-state index in [1.165, 1.54) is 0 Å². The van der Waals surface area contributed by atoms with Crippen molar-refractivity contribution >= 4 is 12.5 Å². The summed E-state index contributed by atoms with van der Waals surface area (Å²) in [6.45, 7) is 7.21. The van der Waals surface area contributed by atoms with Gasteiger partial charge < -0.3 is 9.69 Å². The number of hydrogen-bond donors (Lipinski definition) is 0. The van der Waals surface area contributed by atoms with Gasteiger partial charge in [0.15, 0.2) is 0 Å². The first-order valence-electron chi connectivity index (χ1n) is 5.41. The minimum absolute atomic E-state index is 0.302. The summed E-state index contributed by atoms with van der Waals surface area (Å²) in [5.41, 5.74) is 0. The van der Waals surface area contributed by atoms with Crippen LogP contribution in [0.25, 0.3) is 0 Å². The first kappa shape index (κ1) is 11.4. The molecule has 0 amide bonds. The molecule has 0 bridgehead atoms. The van der Waals surface area contributed by atoms with Crippen molar-refractivity contribution in [2.45, 2.75) is 32.7 Å². The summed E-state index contributed by atoms with van der Waals surface area (Å²) >= 11 is 0. The largest absolute Gasteiger partial charge is 0.303 e. The number of aldehydes is 1. The smallest absolute Gasteiger partial charge is 0.123 e. The van der Waals surface area contributed by atoms with Crippen LogP contribution in [0.2, 0.25) is 0 Å². The molecule has 14 heavy (non-hydrogen) atoms. The zero-order valence-corrected chi connectivity index (χ0v) is 9.15. The van der Waals surface area contributed by atoms with Crippen molar-refractivity contribution in [1.29, 1.82) is 0 Å². The minimum atomic E-state index is 0.302. The number of hydrogen-bond acceptors (Lipinski definition) is 3. The fourth-order valence-electron chi connectivity index (χ4n) is 1.95. The van der Waals surface area contributed by atoms with Gasteiger partial charge in [-0.15, -0.1) is 0 Å². The number of nitrogens with zero attached hydrogens (tertiary/aromatic N) is 2. The molecular weight excluding hydrogens is 176 g/mol. The van der Waals surface area contributed by atoms with E-state index < -0.39 is 0 Å². The van der Waals surface area contributed by atoms with Crippen LogP contribution in [-0.2, 0) is 4.79 Å². The molecule has 1 aliphatic rings. The van der Waals surface area contributed by atoms with Crippen molar-refractivity contribution in [3.63, 3.8) is 0 Å². The van der Waals surface area contributed by atoms with Gasteiger partial charge in [-0.05, 0) is 46.0 Å². The highest BCUT2D eigenvalue weighted by molar-refractivity contribution is 5.54. The van der Waals surface area contributed by atoms with Gasteiger partial charge in [0.1, 0.15) is 6.29 Å². The summed E-state index contributed by atoms with van der Waals surface area (Å²) in [7, 11) is 0. The van der Waals surface area contributed by atoms with Gasteiger partial charge in [0.2, 0.25) is 0 Å². The Morgan fingerprint density at radius 2 is 2.14 bits per heavy atom. The Labute approximate surface area is 86.2 Å². The fourth-order valence-corrected chi connectivity index (χ4v) is 1.95. The highest BCUT2D eigenvalue weighted by Crippen LogP contribution is 2.15. The van der Waals surface area contributed by atoms with Crippen LogP contribution in [0, 0.1) is 5.92 Å². The van der Waals surface area contributed by atoms with Gasteiger partial charge in [-0.2, -0.15) is 0 Å². The molecule has 0 spiro atoms. The van der Waals surface area contributed by atoms with Crippen molar-refractivity contribution in [2.75, 3.05) is 19.6 Å². The average molecular weight is 196 g/mol. The van der Waals surface area contributed by atoms with Gasteiger partial charge >= 0.3 is 0 Å². The van der Waals surface area contributed by atoms with Crippen LogP contribution in [-0.4, -0.2) is 43.1 Å². The van der Waals surface area contributed by atoms with Gasteiger partial charge in [0.25, 0.3) is 0 Å². The molecule has 1 atom stereocenters. The van der Waals surface area contributed by atoms with Gasteiger partial charge in [0.05, 0.1) is 6.04 Å². The lowest BCUT2D eigenvalue weighted by atomic mass is 9.98. The van der Waals surface area contributed by atoms with E-state index in [0.29, 0.717) is 12.0 Å². The second kappa shape index (κ2) is 5.91. The second-order valence-corrected chi connectivity index (χ2v) is 4.03. The second-order valence-electron chi connectivity index (χ2n) is 4.03. The fraction of sp³-hybridized carbons (Fsp3) is 0.818. The lowest BCUT2D eigenvalue weighted by molar-refractivity contribution is -0.112. The predicted octanol–water partition coefficient (Wildman–Crippen LogP) is 1.38. The highest BCUT2D eigenvalue weighted by atomic mass is 16.1. The van der Waals surface area contributed by atoms with E-state index in [-0.39, 0.29) is 0 Å². The lowest BCUT2D eigenvalue weighted by Crippen LogP contribution is -2.38. The summed E-state index contributed by atoms with van der Waals surface area (Å²) < 4.78 is 0. The molecule has 0 aromatic heterocycles. The van der Waals surface area contributed by atoms with Gasteiger partial charge in [-0.1, -0.05) is 0 Å². The van der Waals surface area contributed by atoms with Crippen molar-refractivity contribution in [3.05, 3.63) is 0 Å². The van der Waals surface area contributed by atoms with E-state index in [0.717, 1.165) is 38.8 Å². The van der Waals surface area contributed by atoms with Crippen molar-refractivity contribution < 1.29 is 4.79 Å². The van der Waals surface area contributed by atoms with Crippen LogP contribution in [0.3, 0.4) is 0 Å². The summed E-state index contributed by atoms with van der Waals surface area (Å²) in [5, 5.41) is 0. The number of carbonyl (C=O) groups is 1. The Hall–Kier alpha value is -0.700. The highest BCUT2D eigenvalue weighted by Gasteiger charge is 2.19. The van der Waals surface area contributed by atoms with Crippen molar-refractivity contribution in [3.8, 4) is 0 Å². The standard InChI is InChI=1S/C11H20N2O/c1-3-12-10(2)8-13-6-4-11(9-14)5-7-13/h3,9-11H,4-8H2,1-2H3/b12-3+. The molecule has 1 heterocycles. The molecule has 0 aliphatic carbocycles.